The van der Waals surface area contributed by atoms with Gasteiger partial charge in [-0.15, -0.1) is 0 Å². The maximum absolute atomic E-state index is 11.4. The summed E-state index contributed by atoms with van der Waals surface area (Å²) < 4.78 is 47.5. The van der Waals surface area contributed by atoms with Crippen LogP contribution in [0.25, 0.3) is 11.1 Å². The summed E-state index contributed by atoms with van der Waals surface area (Å²) in [6.07, 6.45) is -0.437. The molecule has 0 amide bonds. The number of benzene rings is 4. The fourth-order valence-corrected chi connectivity index (χ4v) is 7.18. The molecule has 4 aromatic carbocycles. The van der Waals surface area contributed by atoms with Crippen LogP contribution in [0.5, 0.6) is 46.0 Å². The lowest BCUT2D eigenvalue weighted by molar-refractivity contribution is 0.00511. The van der Waals surface area contributed by atoms with Gasteiger partial charge in [0, 0.05) is 22.8 Å². The predicted molar refractivity (Wildman–Crippen MR) is 166 cm³/mol. The molecule has 0 fully saturated rings. The van der Waals surface area contributed by atoms with Crippen molar-refractivity contribution in [2.45, 2.75) is 51.1 Å². The number of methoxy groups -OCH3 is 2. The first-order valence-corrected chi connectivity index (χ1v) is 15.3. The molecule has 0 saturated carbocycles. The fraction of sp³-hybridized carbons (Fsp3) is 0.333. The number of hydrogen-bond donors (Lipinski definition) is 2. The Morgan fingerprint density at radius 3 is 1.76 bits per heavy atom. The van der Waals surface area contributed by atoms with Gasteiger partial charge in [-0.3, -0.25) is 0 Å². The zero-order chi connectivity index (χ0) is 31.7. The Labute approximate surface area is 265 Å². The van der Waals surface area contributed by atoms with E-state index < -0.39 is 12.2 Å². The van der Waals surface area contributed by atoms with Gasteiger partial charge in [-0.1, -0.05) is 12.1 Å². The van der Waals surface area contributed by atoms with E-state index in [1.54, 1.807) is 20.3 Å². The van der Waals surface area contributed by atoms with E-state index in [1.165, 1.54) is 0 Å². The Hall–Kier alpha value is -4.80. The highest BCUT2D eigenvalue weighted by Crippen LogP contribution is 2.54. The molecule has 0 aromatic heterocycles. The lowest BCUT2D eigenvalue weighted by atomic mass is 9.79. The first-order chi connectivity index (χ1) is 22.3. The molecule has 0 bridgehead atoms. The number of rotatable bonds is 5. The molecular formula is C36H34O10. The van der Waals surface area contributed by atoms with Crippen LogP contribution in [0.1, 0.15) is 59.4 Å². The zero-order valence-corrected chi connectivity index (χ0v) is 25.9. The first kappa shape index (κ1) is 28.7. The molecule has 4 heterocycles. The average molecular weight is 627 g/mol. The van der Waals surface area contributed by atoms with Gasteiger partial charge in [-0.05, 0) is 84.8 Å². The summed E-state index contributed by atoms with van der Waals surface area (Å²) in [5.41, 5.74) is 6.44. The summed E-state index contributed by atoms with van der Waals surface area (Å²) in [6, 6.07) is 14.9. The number of ether oxygens (including phenoxy) is 8. The summed E-state index contributed by atoms with van der Waals surface area (Å²) in [5.74, 6) is 3.34. The lowest BCUT2D eigenvalue weighted by Crippen LogP contribution is -2.27. The summed E-state index contributed by atoms with van der Waals surface area (Å²) in [6.45, 7) is 4.36. The number of aromatic hydroxyl groups is 2. The topological polar surface area (TPSA) is 114 Å². The summed E-state index contributed by atoms with van der Waals surface area (Å²) >= 11 is 0. The molecule has 2 unspecified atom stereocenters. The molecule has 4 atom stereocenters. The third-order valence-corrected chi connectivity index (χ3v) is 9.18. The van der Waals surface area contributed by atoms with Gasteiger partial charge in [0.05, 0.1) is 26.4 Å². The van der Waals surface area contributed by atoms with Crippen LogP contribution in [0.15, 0.2) is 48.5 Å². The monoisotopic (exact) mass is 626 g/mol. The van der Waals surface area contributed by atoms with Gasteiger partial charge >= 0.3 is 0 Å². The van der Waals surface area contributed by atoms with E-state index >= 15 is 0 Å². The molecule has 0 spiro atoms. The van der Waals surface area contributed by atoms with Crippen molar-refractivity contribution in [3.8, 4) is 57.1 Å². The predicted octanol–water partition coefficient (Wildman–Crippen LogP) is 6.34. The molecule has 238 valence electrons. The van der Waals surface area contributed by atoms with E-state index in [9.17, 15) is 10.2 Å². The third-order valence-electron chi connectivity index (χ3n) is 9.18. The highest BCUT2D eigenvalue weighted by atomic mass is 16.7. The Morgan fingerprint density at radius 2 is 1.17 bits per heavy atom. The van der Waals surface area contributed by atoms with Gasteiger partial charge in [-0.2, -0.15) is 0 Å². The molecule has 46 heavy (non-hydrogen) atoms. The Kier molecular flexibility index (Phi) is 6.81. The maximum Gasteiger partial charge on any atom is 0.231 e. The van der Waals surface area contributed by atoms with Crippen molar-refractivity contribution in [2.75, 3.05) is 27.8 Å². The zero-order valence-electron chi connectivity index (χ0n) is 25.9. The minimum atomic E-state index is -0.664. The second kappa shape index (κ2) is 10.9. The van der Waals surface area contributed by atoms with Gasteiger partial charge in [0.25, 0.3) is 0 Å². The van der Waals surface area contributed by atoms with Crippen molar-refractivity contribution < 1.29 is 48.1 Å². The second-order valence-corrected chi connectivity index (χ2v) is 12.0. The normalized spacial score (nSPS) is 22.3. The molecule has 4 aliphatic heterocycles. The summed E-state index contributed by atoms with van der Waals surface area (Å²) in [4.78, 5) is 0. The van der Waals surface area contributed by atoms with Crippen molar-refractivity contribution in [3.05, 3.63) is 81.9 Å². The molecule has 4 aliphatic rings. The van der Waals surface area contributed by atoms with Crippen LogP contribution in [0.4, 0.5) is 0 Å². The van der Waals surface area contributed by atoms with Crippen molar-refractivity contribution in [2.24, 2.45) is 0 Å². The second-order valence-electron chi connectivity index (χ2n) is 12.0. The van der Waals surface area contributed by atoms with E-state index in [0.29, 0.717) is 52.9 Å². The number of phenolic OH excluding ortho intramolecular Hbond substituents is 2. The third kappa shape index (κ3) is 4.46. The molecule has 10 nitrogen and oxygen atoms in total. The van der Waals surface area contributed by atoms with Crippen LogP contribution in [0, 0.1) is 0 Å². The van der Waals surface area contributed by atoms with E-state index in [1.807, 2.05) is 56.3 Å². The number of phenols is 2. The minimum Gasteiger partial charge on any atom is -0.504 e. The SMILES string of the molecule is COc1cc(OC)c2c(c1-c1cc(O)c(O)c3c1C[C@H](C)OC3c1ccc3c(c1)OCO3)C[C@H](C)OC2c1ccc2c(c1)OCO2. The quantitative estimate of drug-likeness (QED) is 0.243. The number of hydrogen-bond acceptors (Lipinski definition) is 10. The summed E-state index contributed by atoms with van der Waals surface area (Å²) in [7, 11) is 3.25. The van der Waals surface area contributed by atoms with Crippen LogP contribution in [-0.2, 0) is 22.3 Å². The highest BCUT2D eigenvalue weighted by molar-refractivity contribution is 5.84. The summed E-state index contributed by atoms with van der Waals surface area (Å²) in [5, 5.41) is 22.7. The molecule has 0 saturated heterocycles. The molecular weight excluding hydrogens is 592 g/mol. The number of fused-ring (bicyclic) bond motifs is 4. The highest BCUT2D eigenvalue weighted by Gasteiger charge is 2.38. The fourth-order valence-electron chi connectivity index (χ4n) is 7.18. The molecule has 0 aliphatic carbocycles. The van der Waals surface area contributed by atoms with Gasteiger partial charge in [0.1, 0.15) is 23.7 Å². The van der Waals surface area contributed by atoms with Crippen LogP contribution >= 0.6 is 0 Å². The van der Waals surface area contributed by atoms with Crippen LogP contribution in [-0.4, -0.2) is 50.2 Å². The van der Waals surface area contributed by atoms with Crippen molar-refractivity contribution >= 4 is 0 Å². The maximum atomic E-state index is 11.4. The van der Waals surface area contributed by atoms with Crippen LogP contribution in [0.2, 0.25) is 0 Å². The van der Waals surface area contributed by atoms with Gasteiger partial charge < -0.3 is 48.1 Å². The average Bonchev–Trinajstić information content (AvgIpc) is 3.74. The van der Waals surface area contributed by atoms with Gasteiger partial charge in [-0.25, -0.2) is 0 Å². The smallest absolute Gasteiger partial charge is 0.231 e. The first-order valence-electron chi connectivity index (χ1n) is 15.3. The Bertz CT molecular complexity index is 1870. The minimum absolute atomic E-state index is 0.144. The van der Waals surface area contributed by atoms with Crippen LogP contribution in [0.3, 0.4) is 0 Å². The van der Waals surface area contributed by atoms with E-state index in [2.05, 4.69) is 0 Å². The van der Waals surface area contributed by atoms with Crippen molar-refractivity contribution in [1.82, 2.24) is 0 Å². The van der Waals surface area contributed by atoms with E-state index in [-0.39, 0.29) is 37.3 Å². The standard InChI is InChI=1S/C36H34O10/c1-17-9-21-22(13-24(37)34(38)33(21)36(46-17)20-6-8-26-28(12-20)44-16-42-26)31-23-10-18(2)45-35(32(23)30(40-4)14-29(31)39-3)19-5-7-25-27(11-19)43-15-41-25/h5-8,11-14,17-18,35-38H,9-10,15-16H2,1-4H3/t17-,18-,35?,36?/m0/s1. The molecule has 4 aromatic rings. The molecule has 8 rings (SSSR count). The molecule has 2 N–H and O–H groups in total. The Balaban J connectivity index is 1.35. The lowest BCUT2D eigenvalue weighted by Gasteiger charge is -2.36. The van der Waals surface area contributed by atoms with E-state index in [0.717, 1.165) is 38.9 Å². The van der Waals surface area contributed by atoms with Crippen LogP contribution < -0.4 is 28.4 Å². The van der Waals surface area contributed by atoms with Gasteiger partial charge in [0.2, 0.25) is 13.6 Å². The molecule has 10 heteroatoms. The van der Waals surface area contributed by atoms with Crippen molar-refractivity contribution in [3.63, 3.8) is 0 Å². The van der Waals surface area contributed by atoms with Gasteiger partial charge in [0.15, 0.2) is 34.5 Å². The Morgan fingerprint density at radius 1 is 0.630 bits per heavy atom. The molecule has 0 radical (unpaired) electrons. The van der Waals surface area contributed by atoms with Crippen molar-refractivity contribution in [1.29, 1.82) is 0 Å². The van der Waals surface area contributed by atoms with E-state index in [4.69, 9.17) is 37.9 Å². The largest absolute Gasteiger partial charge is 0.504 e.